The van der Waals surface area contributed by atoms with Crippen molar-refractivity contribution in [3.05, 3.63) is 4.88 Å². The molecule has 1 aliphatic rings. The zero-order valence-corrected chi connectivity index (χ0v) is 14.4. The summed E-state index contributed by atoms with van der Waals surface area (Å²) in [4.78, 5) is 15.9. The number of rotatable bonds is 4. The van der Waals surface area contributed by atoms with E-state index in [-0.39, 0.29) is 5.91 Å². The van der Waals surface area contributed by atoms with Gasteiger partial charge < -0.3 is 21.1 Å². The molecule has 0 spiro atoms. The number of amides is 1. The first-order chi connectivity index (χ1) is 9.89. The molecule has 0 bridgehead atoms. The average Bonchev–Trinajstić information content (AvgIpc) is 2.76. The highest BCUT2D eigenvalue weighted by atomic mass is 32.2. The van der Waals surface area contributed by atoms with Crippen LogP contribution >= 0.6 is 23.1 Å². The predicted octanol–water partition coefficient (Wildman–Crippen LogP) is 2.15. The van der Waals surface area contributed by atoms with Crippen LogP contribution in [0.5, 0.6) is 0 Å². The fraction of sp³-hybridized carbons (Fsp3) is 0.643. The van der Waals surface area contributed by atoms with Gasteiger partial charge in [-0.05, 0) is 32.9 Å². The summed E-state index contributed by atoms with van der Waals surface area (Å²) in [6, 6.07) is 0. The minimum Gasteiger partial charge on any atom is -0.396 e. The molecule has 1 aliphatic heterocycles. The molecule has 0 aromatic carbocycles. The van der Waals surface area contributed by atoms with Crippen LogP contribution in [0.3, 0.4) is 0 Å². The van der Waals surface area contributed by atoms with Crippen LogP contribution in [0.15, 0.2) is 4.90 Å². The van der Waals surface area contributed by atoms with Crippen molar-refractivity contribution in [2.45, 2.75) is 37.2 Å². The van der Waals surface area contributed by atoms with Crippen LogP contribution in [0.25, 0.3) is 0 Å². The summed E-state index contributed by atoms with van der Waals surface area (Å²) in [5, 5.41) is 13.9. The molecule has 0 saturated carbocycles. The molecule has 0 unspecified atom stereocenters. The number of hydrogen-bond acceptors (Lipinski definition) is 6. The zero-order valence-electron chi connectivity index (χ0n) is 12.7. The lowest BCUT2D eigenvalue weighted by Gasteiger charge is -2.36. The minimum absolute atomic E-state index is 0.106. The molecule has 0 radical (unpaired) electrons. The van der Waals surface area contributed by atoms with E-state index in [1.807, 2.05) is 20.1 Å². The van der Waals surface area contributed by atoms with Gasteiger partial charge in [-0.3, -0.25) is 4.79 Å². The number of carbonyl (C=O) groups excluding carboxylic acids is 1. The third kappa shape index (κ3) is 3.46. The number of carbonyl (C=O) groups is 1. The second-order valence-electron chi connectivity index (χ2n) is 5.53. The molecule has 0 aliphatic carbocycles. The van der Waals surface area contributed by atoms with Gasteiger partial charge >= 0.3 is 0 Å². The standard InChI is InChI=1S/C14H23N3O2S2/c1-4-16-12(18)10-9(15)11(20-3)13(21-10)17-7-5-14(2,19)6-8-17/h19H,4-8,15H2,1-3H3,(H,16,18). The highest BCUT2D eigenvalue weighted by Crippen LogP contribution is 2.45. The fourth-order valence-electron chi connectivity index (χ4n) is 2.42. The molecule has 21 heavy (non-hydrogen) atoms. The summed E-state index contributed by atoms with van der Waals surface area (Å²) in [7, 11) is 0. The summed E-state index contributed by atoms with van der Waals surface area (Å²) in [5.74, 6) is -0.106. The van der Waals surface area contributed by atoms with E-state index < -0.39 is 5.60 Å². The number of nitrogens with one attached hydrogen (secondary N) is 1. The molecule has 2 heterocycles. The zero-order chi connectivity index (χ0) is 15.6. The van der Waals surface area contributed by atoms with Gasteiger partial charge in [0.05, 0.1) is 16.2 Å². The predicted molar refractivity (Wildman–Crippen MR) is 90.6 cm³/mol. The van der Waals surface area contributed by atoms with Crippen LogP contribution in [0.4, 0.5) is 10.7 Å². The topological polar surface area (TPSA) is 78.6 Å². The number of thiophene rings is 1. The van der Waals surface area contributed by atoms with Crippen molar-refractivity contribution in [1.29, 1.82) is 0 Å². The molecule has 118 valence electrons. The number of nitrogens with zero attached hydrogens (tertiary/aromatic N) is 1. The van der Waals surface area contributed by atoms with Gasteiger partial charge in [-0.25, -0.2) is 0 Å². The Labute approximate surface area is 133 Å². The largest absolute Gasteiger partial charge is 0.396 e. The van der Waals surface area contributed by atoms with Crippen molar-refractivity contribution < 1.29 is 9.90 Å². The quantitative estimate of drug-likeness (QED) is 0.738. The number of thioether (sulfide) groups is 1. The van der Waals surface area contributed by atoms with Gasteiger partial charge in [-0.1, -0.05) is 0 Å². The second-order valence-corrected chi connectivity index (χ2v) is 7.34. The molecule has 1 fully saturated rings. The molecule has 1 saturated heterocycles. The van der Waals surface area contributed by atoms with Gasteiger partial charge in [-0.2, -0.15) is 0 Å². The molecule has 7 heteroatoms. The van der Waals surface area contributed by atoms with Crippen LogP contribution in [-0.2, 0) is 0 Å². The van der Waals surface area contributed by atoms with Crippen LogP contribution in [-0.4, -0.2) is 42.5 Å². The van der Waals surface area contributed by atoms with Crippen molar-refractivity contribution >= 4 is 39.7 Å². The van der Waals surface area contributed by atoms with E-state index in [4.69, 9.17) is 5.73 Å². The Morgan fingerprint density at radius 2 is 2.14 bits per heavy atom. The van der Waals surface area contributed by atoms with Gasteiger partial charge in [0.25, 0.3) is 5.91 Å². The van der Waals surface area contributed by atoms with Gasteiger partial charge in [0.1, 0.15) is 9.88 Å². The van der Waals surface area contributed by atoms with Crippen molar-refractivity contribution in [3.8, 4) is 0 Å². The van der Waals surface area contributed by atoms with E-state index in [1.165, 1.54) is 11.3 Å². The third-order valence-electron chi connectivity index (χ3n) is 3.76. The number of anilines is 2. The number of hydrogen-bond donors (Lipinski definition) is 3. The maximum Gasteiger partial charge on any atom is 0.263 e. The van der Waals surface area contributed by atoms with Crippen LogP contribution in [0, 0.1) is 0 Å². The van der Waals surface area contributed by atoms with Crippen molar-refractivity contribution in [2.75, 3.05) is 36.5 Å². The van der Waals surface area contributed by atoms with Crippen LogP contribution in [0.2, 0.25) is 0 Å². The van der Waals surface area contributed by atoms with E-state index in [1.54, 1.807) is 11.8 Å². The van der Waals surface area contributed by atoms with Crippen LogP contribution < -0.4 is 16.0 Å². The Balaban J connectivity index is 2.27. The van der Waals surface area contributed by atoms with Crippen molar-refractivity contribution in [1.82, 2.24) is 5.32 Å². The fourth-order valence-corrected chi connectivity index (χ4v) is 4.57. The number of aliphatic hydroxyl groups is 1. The lowest BCUT2D eigenvalue weighted by atomic mass is 9.94. The SMILES string of the molecule is CCNC(=O)c1sc(N2CCC(C)(O)CC2)c(SC)c1N. The molecule has 0 atom stereocenters. The smallest absolute Gasteiger partial charge is 0.263 e. The highest BCUT2D eigenvalue weighted by molar-refractivity contribution is 7.99. The Kier molecular flexibility index (Phi) is 5.06. The normalized spacial score (nSPS) is 17.8. The first-order valence-corrected chi connectivity index (χ1v) is 9.15. The Morgan fingerprint density at radius 3 is 2.67 bits per heavy atom. The van der Waals surface area contributed by atoms with Gasteiger partial charge in [-0.15, -0.1) is 23.1 Å². The van der Waals surface area contributed by atoms with E-state index >= 15 is 0 Å². The first kappa shape index (κ1) is 16.5. The summed E-state index contributed by atoms with van der Waals surface area (Å²) >= 11 is 3.03. The average molecular weight is 329 g/mol. The molecule has 2 rings (SSSR count). The number of nitrogen functional groups attached to an aromatic ring is 1. The summed E-state index contributed by atoms with van der Waals surface area (Å²) in [6.07, 6.45) is 3.44. The molecule has 4 N–H and O–H groups in total. The molecule has 1 amide bonds. The summed E-state index contributed by atoms with van der Waals surface area (Å²) in [6.45, 7) is 5.94. The second kappa shape index (κ2) is 6.46. The number of nitrogens with two attached hydrogens (primary N) is 1. The number of piperidine rings is 1. The monoisotopic (exact) mass is 329 g/mol. The Hall–Kier alpha value is -0.920. The van der Waals surface area contributed by atoms with Gasteiger partial charge in [0.15, 0.2) is 0 Å². The molecular weight excluding hydrogens is 306 g/mol. The van der Waals surface area contributed by atoms with Gasteiger partial charge in [0.2, 0.25) is 0 Å². The van der Waals surface area contributed by atoms with E-state index in [9.17, 15) is 9.90 Å². The third-order valence-corrected chi connectivity index (χ3v) is 5.97. The highest BCUT2D eigenvalue weighted by Gasteiger charge is 2.31. The molecule has 5 nitrogen and oxygen atoms in total. The van der Waals surface area contributed by atoms with E-state index in [0.717, 1.165) is 35.8 Å². The van der Waals surface area contributed by atoms with E-state index in [2.05, 4.69) is 10.2 Å². The lowest BCUT2D eigenvalue weighted by Crippen LogP contribution is -2.42. The maximum absolute atomic E-state index is 12.1. The van der Waals surface area contributed by atoms with E-state index in [0.29, 0.717) is 17.1 Å². The minimum atomic E-state index is -0.582. The Bertz CT molecular complexity index is 519. The maximum atomic E-state index is 12.1. The Morgan fingerprint density at radius 1 is 1.52 bits per heavy atom. The van der Waals surface area contributed by atoms with Crippen molar-refractivity contribution in [2.24, 2.45) is 0 Å². The summed E-state index contributed by atoms with van der Waals surface area (Å²) < 4.78 is 0. The molecule has 1 aromatic rings. The van der Waals surface area contributed by atoms with Crippen molar-refractivity contribution in [3.63, 3.8) is 0 Å². The summed E-state index contributed by atoms with van der Waals surface area (Å²) in [5.41, 5.74) is 6.15. The molecule has 1 aromatic heterocycles. The first-order valence-electron chi connectivity index (χ1n) is 7.11. The molecular formula is C14H23N3O2S2. The van der Waals surface area contributed by atoms with Crippen LogP contribution in [0.1, 0.15) is 36.4 Å². The lowest BCUT2D eigenvalue weighted by molar-refractivity contribution is 0.0352. The van der Waals surface area contributed by atoms with Gasteiger partial charge in [0, 0.05) is 19.6 Å².